The molecule has 0 aliphatic rings. The molecular formula is C46H30N8. The second-order valence-electron chi connectivity index (χ2n) is 12.9. The lowest BCUT2D eigenvalue weighted by molar-refractivity contribution is 1.07. The molecule has 6 aromatic carbocycles. The van der Waals surface area contributed by atoms with Gasteiger partial charge in [0.25, 0.3) is 0 Å². The fourth-order valence-corrected chi connectivity index (χ4v) is 6.91. The minimum Gasteiger partial charge on any atom is -0.292 e. The van der Waals surface area contributed by atoms with Crippen LogP contribution in [0, 0.1) is 0 Å². The Kier molecular flexibility index (Phi) is 7.62. The van der Waals surface area contributed by atoms with Crippen LogP contribution >= 0.6 is 0 Å². The highest BCUT2D eigenvalue weighted by molar-refractivity contribution is 5.84. The van der Waals surface area contributed by atoms with Crippen LogP contribution < -0.4 is 0 Å². The van der Waals surface area contributed by atoms with Crippen LogP contribution in [-0.2, 0) is 0 Å². The van der Waals surface area contributed by atoms with Gasteiger partial charge >= 0.3 is 0 Å². The SMILES string of the molecule is c1ccc(-c2nc(-c3ccc(-n4c(-c5ccccc5)nc5ccccc54)cc3)nc(-c3ccc(-n4c(-c5cccnc5)nc5ccccc54)cc3)n2)cc1. The second-order valence-corrected chi connectivity index (χ2v) is 12.9. The Balaban J connectivity index is 1.06. The minimum absolute atomic E-state index is 0.587. The number of hydrogen-bond acceptors (Lipinski definition) is 6. The molecule has 4 aromatic heterocycles. The van der Waals surface area contributed by atoms with Crippen molar-refractivity contribution in [1.29, 1.82) is 0 Å². The Hall–Kier alpha value is -7.58. The molecule has 0 amide bonds. The summed E-state index contributed by atoms with van der Waals surface area (Å²) in [4.78, 5) is 29.3. The summed E-state index contributed by atoms with van der Waals surface area (Å²) in [6, 6.07) is 57.3. The van der Waals surface area contributed by atoms with E-state index in [0.29, 0.717) is 17.5 Å². The van der Waals surface area contributed by atoms with Gasteiger partial charge in [0.15, 0.2) is 17.5 Å². The Morgan fingerprint density at radius 3 is 1.20 bits per heavy atom. The van der Waals surface area contributed by atoms with E-state index in [1.165, 1.54) is 0 Å². The third-order valence-corrected chi connectivity index (χ3v) is 9.51. The zero-order valence-electron chi connectivity index (χ0n) is 28.9. The van der Waals surface area contributed by atoms with Gasteiger partial charge < -0.3 is 0 Å². The molecule has 0 aliphatic carbocycles. The topological polar surface area (TPSA) is 87.2 Å². The molecule has 0 bridgehead atoms. The van der Waals surface area contributed by atoms with E-state index >= 15 is 0 Å². The van der Waals surface area contributed by atoms with Crippen LogP contribution in [0.4, 0.5) is 0 Å². The van der Waals surface area contributed by atoms with E-state index < -0.39 is 0 Å². The molecular weight excluding hydrogens is 665 g/mol. The van der Waals surface area contributed by atoms with Crippen molar-refractivity contribution >= 4 is 22.1 Å². The molecule has 254 valence electrons. The molecule has 54 heavy (non-hydrogen) atoms. The van der Waals surface area contributed by atoms with Gasteiger partial charge in [-0.3, -0.25) is 14.1 Å². The average molecular weight is 695 g/mol. The van der Waals surface area contributed by atoms with E-state index in [2.05, 4.69) is 86.9 Å². The number of benzene rings is 6. The molecule has 0 N–H and O–H groups in total. The van der Waals surface area contributed by atoms with Crippen molar-refractivity contribution in [3.63, 3.8) is 0 Å². The van der Waals surface area contributed by atoms with Crippen LogP contribution in [-0.4, -0.2) is 39.0 Å². The highest BCUT2D eigenvalue weighted by Crippen LogP contribution is 2.32. The number of aromatic nitrogens is 8. The zero-order valence-corrected chi connectivity index (χ0v) is 28.9. The summed E-state index contributed by atoms with van der Waals surface area (Å²) >= 11 is 0. The first-order chi connectivity index (χ1) is 26.8. The second kappa shape index (κ2) is 13.2. The van der Waals surface area contributed by atoms with Gasteiger partial charge in [-0.05, 0) is 84.9 Å². The first-order valence-corrected chi connectivity index (χ1v) is 17.7. The molecule has 0 radical (unpaired) electrons. The van der Waals surface area contributed by atoms with E-state index in [-0.39, 0.29) is 0 Å². The monoisotopic (exact) mass is 694 g/mol. The van der Waals surface area contributed by atoms with Crippen LogP contribution in [0.25, 0.3) is 90.4 Å². The fraction of sp³-hybridized carbons (Fsp3) is 0. The van der Waals surface area contributed by atoms with Gasteiger partial charge in [-0.1, -0.05) is 84.9 Å². The Labute approximate surface area is 310 Å². The smallest absolute Gasteiger partial charge is 0.164 e. The van der Waals surface area contributed by atoms with Crippen molar-refractivity contribution in [3.05, 3.63) is 182 Å². The summed E-state index contributed by atoms with van der Waals surface area (Å²) in [7, 11) is 0. The van der Waals surface area contributed by atoms with Gasteiger partial charge in [-0.15, -0.1) is 0 Å². The summed E-state index contributed by atoms with van der Waals surface area (Å²) in [5.41, 5.74) is 10.5. The number of para-hydroxylation sites is 4. The molecule has 10 rings (SSSR count). The Morgan fingerprint density at radius 1 is 0.315 bits per heavy atom. The van der Waals surface area contributed by atoms with Crippen molar-refractivity contribution < 1.29 is 0 Å². The zero-order chi connectivity index (χ0) is 35.8. The predicted octanol–water partition coefficient (Wildman–Crippen LogP) is 10.3. The van der Waals surface area contributed by atoms with Gasteiger partial charge in [0, 0.05) is 51.6 Å². The number of imidazole rings is 2. The highest BCUT2D eigenvalue weighted by atomic mass is 15.1. The summed E-state index contributed by atoms with van der Waals surface area (Å²) < 4.78 is 4.37. The molecule has 10 aromatic rings. The molecule has 0 aliphatic heterocycles. The predicted molar refractivity (Wildman–Crippen MR) is 214 cm³/mol. The molecule has 0 spiro atoms. The number of pyridine rings is 1. The third kappa shape index (κ3) is 5.59. The minimum atomic E-state index is 0.587. The number of fused-ring (bicyclic) bond motifs is 2. The van der Waals surface area contributed by atoms with E-state index in [9.17, 15) is 0 Å². The lowest BCUT2D eigenvalue weighted by Gasteiger charge is -2.12. The Morgan fingerprint density at radius 2 is 0.722 bits per heavy atom. The third-order valence-electron chi connectivity index (χ3n) is 9.51. The molecule has 8 heteroatoms. The van der Waals surface area contributed by atoms with Gasteiger partial charge in [0.05, 0.1) is 22.1 Å². The fourth-order valence-electron chi connectivity index (χ4n) is 6.91. The van der Waals surface area contributed by atoms with E-state index in [4.69, 9.17) is 24.9 Å². The molecule has 0 atom stereocenters. The molecule has 0 unspecified atom stereocenters. The highest BCUT2D eigenvalue weighted by Gasteiger charge is 2.18. The first-order valence-electron chi connectivity index (χ1n) is 17.7. The first kappa shape index (κ1) is 31.2. The molecule has 8 nitrogen and oxygen atoms in total. The van der Waals surface area contributed by atoms with Crippen LogP contribution in [0.2, 0.25) is 0 Å². The molecule has 0 saturated heterocycles. The quantitative estimate of drug-likeness (QED) is 0.165. The van der Waals surface area contributed by atoms with Crippen molar-refractivity contribution in [2.24, 2.45) is 0 Å². The summed E-state index contributed by atoms with van der Waals surface area (Å²) in [6.07, 6.45) is 3.62. The van der Waals surface area contributed by atoms with Gasteiger partial charge in [-0.2, -0.15) is 0 Å². The maximum absolute atomic E-state index is 5.05. The summed E-state index contributed by atoms with van der Waals surface area (Å²) in [6.45, 7) is 0. The van der Waals surface area contributed by atoms with Crippen molar-refractivity contribution in [1.82, 2.24) is 39.0 Å². The summed E-state index contributed by atoms with van der Waals surface area (Å²) in [5.74, 6) is 3.50. The van der Waals surface area contributed by atoms with Crippen LogP contribution in [0.1, 0.15) is 0 Å². The van der Waals surface area contributed by atoms with Crippen molar-refractivity contribution in [2.75, 3.05) is 0 Å². The number of nitrogens with zero attached hydrogens (tertiary/aromatic N) is 8. The molecule has 4 heterocycles. The van der Waals surface area contributed by atoms with Crippen molar-refractivity contribution in [3.8, 4) is 68.3 Å². The largest absolute Gasteiger partial charge is 0.292 e. The molecule has 0 saturated carbocycles. The maximum Gasteiger partial charge on any atom is 0.164 e. The van der Waals surface area contributed by atoms with E-state index in [0.717, 1.165) is 72.9 Å². The summed E-state index contributed by atoms with van der Waals surface area (Å²) in [5, 5.41) is 0. The lowest BCUT2D eigenvalue weighted by atomic mass is 10.1. The maximum atomic E-state index is 5.05. The lowest BCUT2D eigenvalue weighted by Crippen LogP contribution is -2.02. The number of rotatable bonds is 7. The van der Waals surface area contributed by atoms with Crippen LogP contribution in [0.3, 0.4) is 0 Å². The van der Waals surface area contributed by atoms with E-state index in [1.807, 2.05) is 103 Å². The average Bonchev–Trinajstić information content (AvgIpc) is 3.84. The normalized spacial score (nSPS) is 11.3. The Bertz CT molecular complexity index is 2720. The van der Waals surface area contributed by atoms with Gasteiger partial charge in [0.2, 0.25) is 0 Å². The van der Waals surface area contributed by atoms with Gasteiger partial charge in [0.1, 0.15) is 11.6 Å². The van der Waals surface area contributed by atoms with Crippen LogP contribution in [0.5, 0.6) is 0 Å². The van der Waals surface area contributed by atoms with Crippen LogP contribution in [0.15, 0.2) is 182 Å². The van der Waals surface area contributed by atoms with E-state index in [1.54, 1.807) is 6.20 Å². The van der Waals surface area contributed by atoms with Gasteiger partial charge in [-0.25, -0.2) is 24.9 Å². The number of hydrogen-bond donors (Lipinski definition) is 0. The standard InChI is InChI=1S/C46H30N8/c1-3-12-31(13-4-1)42-50-43(32-21-25-36(26-22-32)53-40-19-9-7-17-38(40)48-45(53)34-14-5-2-6-15-34)52-44(51-42)33-23-27-37(28-24-33)54-41-20-10-8-18-39(41)49-46(54)35-16-11-29-47-30-35/h1-30H. The molecule has 0 fully saturated rings. The van der Waals surface area contributed by atoms with Crippen molar-refractivity contribution in [2.45, 2.75) is 0 Å².